The lowest BCUT2D eigenvalue weighted by atomic mass is 10.1. The molecule has 0 radical (unpaired) electrons. The SMILES string of the molecule is C[C@@H](NCCc1ccc([N+](=O)[O-])cc1)c1ccc(Cl)cc1. The summed E-state index contributed by atoms with van der Waals surface area (Å²) in [5.74, 6) is 0. The van der Waals surface area contributed by atoms with Gasteiger partial charge in [0.2, 0.25) is 0 Å². The lowest BCUT2D eigenvalue weighted by Crippen LogP contribution is -2.21. The van der Waals surface area contributed by atoms with Gasteiger partial charge in [-0.15, -0.1) is 0 Å². The molecule has 21 heavy (non-hydrogen) atoms. The summed E-state index contributed by atoms with van der Waals surface area (Å²) < 4.78 is 0. The van der Waals surface area contributed by atoms with E-state index in [-0.39, 0.29) is 16.7 Å². The van der Waals surface area contributed by atoms with Crippen LogP contribution in [0.3, 0.4) is 0 Å². The van der Waals surface area contributed by atoms with Gasteiger partial charge in [-0.1, -0.05) is 35.9 Å². The molecule has 2 aromatic carbocycles. The van der Waals surface area contributed by atoms with Gasteiger partial charge in [-0.05, 0) is 43.1 Å². The average Bonchev–Trinajstić information content (AvgIpc) is 2.48. The van der Waals surface area contributed by atoms with E-state index in [1.807, 2.05) is 24.3 Å². The summed E-state index contributed by atoms with van der Waals surface area (Å²) in [6.45, 7) is 2.90. The summed E-state index contributed by atoms with van der Waals surface area (Å²) in [7, 11) is 0. The third-order valence-corrected chi connectivity index (χ3v) is 3.63. The smallest absolute Gasteiger partial charge is 0.269 e. The molecule has 2 rings (SSSR count). The van der Waals surface area contributed by atoms with Gasteiger partial charge in [0.1, 0.15) is 0 Å². The minimum atomic E-state index is -0.384. The molecule has 0 unspecified atom stereocenters. The Bertz CT molecular complexity index is 597. The third-order valence-electron chi connectivity index (χ3n) is 3.38. The van der Waals surface area contributed by atoms with Crippen LogP contribution in [0.25, 0.3) is 0 Å². The van der Waals surface area contributed by atoms with Gasteiger partial charge >= 0.3 is 0 Å². The molecule has 0 heterocycles. The first-order valence-electron chi connectivity index (χ1n) is 6.78. The van der Waals surface area contributed by atoms with Crippen LogP contribution in [-0.2, 0) is 6.42 Å². The van der Waals surface area contributed by atoms with Crippen molar-refractivity contribution in [1.82, 2.24) is 5.32 Å². The fraction of sp³-hybridized carbons (Fsp3) is 0.250. The molecule has 0 saturated carbocycles. The van der Waals surface area contributed by atoms with Crippen LogP contribution in [0, 0.1) is 10.1 Å². The Hall–Kier alpha value is -1.91. The van der Waals surface area contributed by atoms with Crippen molar-refractivity contribution in [2.45, 2.75) is 19.4 Å². The van der Waals surface area contributed by atoms with Crippen molar-refractivity contribution < 1.29 is 4.92 Å². The minimum absolute atomic E-state index is 0.126. The molecule has 0 aromatic heterocycles. The van der Waals surface area contributed by atoms with E-state index in [4.69, 9.17) is 11.6 Å². The lowest BCUT2D eigenvalue weighted by molar-refractivity contribution is -0.384. The van der Waals surface area contributed by atoms with Gasteiger partial charge in [0.25, 0.3) is 5.69 Å². The van der Waals surface area contributed by atoms with Crippen molar-refractivity contribution in [3.8, 4) is 0 Å². The summed E-state index contributed by atoms with van der Waals surface area (Å²) in [5.41, 5.74) is 2.39. The predicted octanol–water partition coefficient (Wildman–Crippen LogP) is 4.14. The Morgan fingerprint density at radius 1 is 1.14 bits per heavy atom. The summed E-state index contributed by atoms with van der Waals surface area (Å²) in [6, 6.07) is 14.7. The molecule has 0 aliphatic heterocycles. The molecule has 0 aliphatic rings. The molecule has 2 aromatic rings. The van der Waals surface area contributed by atoms with E-state index in [0.717, 1.165) is 23.6 Å². The first-order valence-corrected chi connectivity index (χ1v) is 7.16. The van der Waals surface area contributed by atoms with Gasteiger partial charge in [0.15, 0.2) is 0 Å². The Kier molecular flexibility index (Phi) is 5.31. The van der Waals surface area contributed by atoms with E-state index < -0.39 is 0 Å². The molecule has 0 aliphatic carbocycles. The Morgan fingerprint density at radius 2 is 1.76 bits per heavy atom. The molecule has 1 N–H and O–H groups in total. The van der Waals surface area contributed by atoms with Crippen molar-refractivity contribution >= 4 is 17.3 Å². The molecular weight excluding hydrogens is 288 g/mol. The summed E-state index contributed by atoms with van der Waals surface area (Å²) in [4.78, 5) is 10.2. The highest BCUT2D eigenvalue weighted by Crippen LogP contribution is 2.16. The second kappa shape index (κ2) is 7.20. The van der Waals surface area contributed by atoms with Gasteiger partial charge in [0.05, 0.1) is 4.92 Å². The predicted molar refractivity (Wildman–Crippen MR) is 84.7 cm³/mol. The van der Waals surface area contributed by atoms with Crippen LogP contribution >= 0.6 is 11.6 Å². The maximum absolute atomic E-state index is 10.6. The monoisotopic (exact) mass is 304 g/mol. The summed E-state index contributed by atoms with van der Waals surface area (Å²) in [5, 5.41) is 14.7. The first kappa shape index (κ1) is 15.5. The van der Waals surface area contributed by atoms with Crippen molar-refractivity contribution in [3.63, 3.8) is 0 Å². The average molecular weight is 305 g/mol. The number of non-ortho nitro benzene ring substituents is 1. The number of hydrogen-bond donors (Lipinski definition) is 1. The second-order valence-electron chi connectivity index (χ2n) is 4.90. The van der Waals surface area contributed by atoms with Crippen molar-refractivity contribution in [2.24, 2.45) is 0 Å². The fourth-order valence-corrected chi connectivity index (χ4v) is 2.21. The number of nitro groups is 1. The molecule has 0 bridgehead atoms. The zero-order chi connectivity index (χ0) is 15.2. The van der Waals surface area contributed by atoms with Crippen LogP contribution in [0.4, 0.5) is 5.69 Å². The van der Waals surface area contributed by atoms with E-state index >= 15 is 0 Å². The molecule has 0 amide bonds. The highest BCUT2D eigenvalue weighted by Gasteiger charge is 2.06. The van der Waals surface area contributed by atoms with Crippen molar-refractivity contribution in [3.05, 3.63) is 74.8 Å². The van der Waals surface area contributed by atoms with Crippen LogP contribution in [-0.4, -0.2) is 11.5 Å². The van der Waals surface area contributed by atoms with E-state index in [9.17, 15) is 10.1 Å². The number of nitrogens with one attached hydrogen (secondary N) is 1. The molecule has 1 atom stereocenters. The van der Waals surface area contributed by atoms with Gasteiger partial charge in [0, 0.05) is 23.2 Å². The van der Waals surface area contributed by atoms with Crippen LogP contribution in [0.1, 0.15) is 24.1 Å². The standard InChI is InChI=1S/C16H17ClN2O2/c1-12(14-4-6-15(17)7-5-14)18-11-10-13-2-8-16(9-3-13)19(20)21/h2-9,12,18H,10-11H2,1H3/t12-/m1/s1. The van der Waals surface area contributed by atoms with Crippen molar-refractivity contribution in [2.75, 3.05) is 6.54 Å². The van der Waals surface area contributed by atoms with Crippen LogP contribution in [0.2, 0.25) is 5.02 Å². The normalized spacial score (nSPS) is 12.1. The number of halogens is 1. The highest BCUT2D eigenvalue weighted by molar-refractivity contribution is 6.30. The molecular formula is C16H17ClN2O2. The molecule has 110 valence electrons. The molecule has 0 saturated heterocycles. The lowest BCUT2D eigenvalue weighted by Gasteiger charge is -2.14. The van der Waals surface area contributed by atoms with Crippen LogP contribution < -0.4 is 5.32 Å². The fourth-order valence-electron chi connectivity index (χ4n) is 2.09. The van der Waals surface area contributed by atoms with E-state index in [0.29, 0.717) is 0 Å². The summed E-state index contributed by atoms with van der Waals surface area (Å²) in [6.07, 6.45) is 0.829. The number of hydrogen-bond acceptors (Lipinski definition) is 3. The molecule has 0 fully saturated rings. The van der Waals surface area contributed by atoms with Crippen LogP contribution in [0.5, 0.6) is 0 Å². The van der Waals surface area contributed by atoms with Crippen molar-refractivity contribution in [1.29, 1.82) is 0 Å². The zero-order valence-electron chi connectivity index (χ0n) is 11.8. The molecule has 0 spiro atoms. The number of rotatable bonds is 6. The largest absolute Gasteiger partial charge is 0.310 e. The zero-order valence-corrected chi connectivity index (χ0v) is 12.5. The Labute approximate surface area is 128 Å². The first-order chi connectivity index (χ1) is 10.1. The van der Waals surface area contributed by atoms with Crippen LogP contribution in [0.15, 0.2) is 48.5 Å². The van der Waals surface area contributed by atoms with Gasteiger partial charge in [-0.3, -0.25) is 10.1 Å². The number of nitro benzene ring substituents is 1. The van der Waals surface area contributed by atoms with E-state index in [1.165, 1.54) is 17.7 Å². The van der Waals surface area contributed by atoms with Gasteiger partial charge < -0.3 is 5.32 Å². The minimum Gasteiger partial charge on any atom is -0.310 e. The summed E-state index contributed by atoms with van der Waals surface area (Å²) >= 11 is 5.87. The quantitative estimate of drug-likeness (QED) is 0.644. The molecule has 5 heteroatoms. The Morgan fingerprint density at radius 3 is 2.33 bits per heavy atom. The topological polar surface area (TPSA) is 55.2 Å². The maximum Gasteiger partial charge on any atom is 0.269 e. The number of nitrogens with zero attached hydrogens (tertiary/aromatic N) is 1. The Balaban J connectivity index is 1.83. The highest BCUT2D eigenvalue weighted by atomic mass is 35.5. The van der Waals surface area contributed by atoms with Gasteiger partial charge in [-0.25, -0.2) is 0 Å². The maximum atomic E-state index is 10.6. The van der Waals surface area contributed by atoms with E-state index in [1.54, 1.807) is 12.1 Å². The molecule has 4 nitrogen and oxygen atoms in total. The third kappa shape index (κ3) is 4.55. The van der Waals surface area contributed by atoms with Gasteiger partial charge in [-0.2, -0.15) is 0 Å². The van der Waals surface area contributed by atoms with E-state index in [2.05, 4.69) is 12.2 Å². The number of benzene rings is 2. The second-order valence-corrected chi connectivity index (χ2v) is 5.34.